The molecule has 2 saturated heterocycles. The lowest BCUT2D eigenvalue weighted by atomic mass is 9.87. The van der Waals surface area contributed by atoms with Gasteiger partial charge in [0.2, 0.25) is 0 Å². The van der Waals surface area contributed by atoms with Gasteiger partial charge in [-0.3, -0.25) is 9.69 Å². The number of benzene rings is 1. The molecule has 0 aromatic heterocycles. The summed E-state index contributed by atoms with van der Waals surface area (Å²) in [4.78, 5) is 40.8. The Kier molecular flexibility index (Phi) is 5.51. The molecular formula is C20H27N3O4. The van der Waals surface area contributed by atoms with E-state index in [4.69, 9.17) is 4.74 Å². The van der Waals surface area contributed by atoms with E-state index in [2.05, 4.69) is 24.1 Å². The zero-order valence-electron chi connectivity index (χ0n) is 16.2. The topological polar surface area (TPSA) is 79.0 Å². The molecule has 0 saturated carbocycles. The van der Waals surface area contributed by atoms with Crippen LogP contribution in [0.1, 0.15) is 42.6 Å². The molecule has 7 nitrogen and oxygen atoms in total. The number of carbonyl (C=O) groups excluding carboxylic acids is 3. The van der Waals surface area contributed by atoms with Crippen molar-refractivity contribution in [1.29, 1.82) is 0 Å². The molecule has 1 aromatic carbocycles. The number of methoxy groups -OCH3 is 1. The lowest BCUT2D eigenvalue weighted by Crippen LogP contribution is -2.55. The number of piperidine rings is 1. The third kappa shape index (κ3) is 3.98. The minimum absolute atomic E-state index is 0.146. The predicted octanol–water partition coefficient (Wildman–Crippen LogP) is 2.02. The van der Waals surface area contributed by atoms with E-state index in [0.717, 1.165) is 25.2 Å². The number of nitrogens with zero attached hydrogens (tertiary/aromatic N) is 2. The van der Waals surface area contributed by atoms with Crippen molar-refractivity contribution >= 4 is 17.9 Å². The van der Waals surface area contributed by atoms with Crippen LogP contribution < -0.4 is 5.32 Å². The number of urea groups is 1. The zero-order valence-corrected chi connectivity index (χ0v) is 16.2. The molecule has 1 spiro atoms. The van der Waals surface area contributed by atoms with Crippen molar-refractivity contribution < 1.29 is 19.1 Å². The van der Waals surface area contributed by atoms with Gasteiger partial charge in [0.25, 0.3) is 5.91 Å². The molecule has 3 rings (SSSR count). The van der Waals surface area contributed by atoms with E-state index < -0.39 is 11.5 Å². The van der Waals surface area contributed by atoms with Gasteiger partial charge in [-0.1, -0.05) is 26.0 Å². The highest BCUT2D eigenvalue weighted by Crippen LogP contribution is 2.30. The minimum Gasteiger partial charge on any atom is -0.465 e. The summed E-state index contributed by atoms with van der Waals surface area (Å²) < 4.78 is 4.73. The number of hydrogen-bond donors (Lipinski definition) is 1. The smallest absolute Gasteiger partial charge is 0.337 e. The van der Waals surface area contributed by atoms with Crippen LogP contribution in [0.15, 0.2) is 24.3 Å². The van der Waals surface area contributed by atoms with E-state index in [1.165, 1.54) is 12.0 Å². The third-order valence-corrected chi connectivity index (χ3v) is 5.27. The van der Waals surface area contributed by atoms with Gasteiger partial charge in [-0.25, -0.2) is 9.59 Å². The van der Waals surface area contributed by atoms with Crippen LogP contribution in [-0.4, -0.2) is 60.0 Å². The van der Waals surface area contributed by atoms with Crippen molar-refractivity contribution in [2.24, 2.45) is 5.92 Å². The van der Waals surface area contributed by atoms with Crippen molar-refractivity contribution in [3.63, 3.8) is 0 Å². The maximum atomic E-state index is 13.0. The summed E-state index contributed by atoms with van der Waals surface area (Å²) >= 11 is 0. The van der Waals surface area contributed by atoms with E-state index in [1.807, 2.05) is 0 Å². The quantitative estimate of drug-likeness (QED) is 0.631. The molecule has 0 bridgehead atoms. The Hall–Kier alpha value is -2.41. The third-order valence-electron chi connectivity index (χ3n) is 5.27. The average molecular weight is 373 g/mol. The van der Waals surface area contributed by atoms with Crippen LogP contribution in [0.2, 0.25) is 0 Å². The van der Waals surface area contributed by atoms with Crippen molar-refractivity contribution in [1.82, 2.24) is 15.1 Å². The second kappa shape index (κ2) is 7.68. The number of amides is 3. The van der Waals surface area contributed by atoms with Gasteiger partial charge in [0.05, 0.1) is 19.2 Å². The van der Waals surface area contributed by atoms with Gasteiger partial charge in [-0.15, -0.1) is 0 Å². The lowest BCUT2D eigenvalue weighted by molar-refractivity contribution is -0.133. The van der Waals surface area contributed by atoms with Crippen LogP contribution in [0.4, 0.5) is 4.79 Å². The summed E-state index contributed by atoms with van der Waals surface area (Å²) in [6, 6.07) is 6.46. The maximum Gasteiger partial charge on any atom is 0.337 e. The molecule has 146 valence electrons. The van der Waals surface area contributed by atoms with Crippen LogP contribution in [-0.2, 0) is 16.1 Å². The SMILES string of the molecule is COC(=O)c1cccc(CN2C(=O)NC3(CCN(CC(C)C)CC3)C2=O)c1. The molecule has 1 aromatic rings. The molecule has 2 heterocycles. The minimum atomic E-state index is -0.787. The molecule has 0 atom stereocenters. The van der Waals surface area contributed by atoms with Crippen LogP contribution in [0.3, 0.4) is 0 Å². The zero-order chi connectivity index (χ0) is 19.6. The lowest BCUT2D eigenvalue weighted by Gasteiger charge is -2.38. The van der Waals surface area contributed by atoms with E-state index in [1.54, 1.807) is 24.3 Å². The van der Waals surface area contributed by atoms with Gasteiger partial charge in [0.15, 0.2) is 0 Å². The number of rotatable bonds is 5. The maximum absolute atomic E-state index is 13.0. The average Bonchev–Trinajstić information content (AvgIpc) is 2.87. The monoisotopic (exact) mass is 373 g/mol. The molecule has 27 heavy (non-hydrogen) atoms. The largest absolute Gasteiger partial charge is 0.465 e. The van der Waals surface area contributed by atoms with Crippen molar-refractivity contribution in [3.05, 3.63) is 35.4 Å². The molecule has 3 amide bonds. The van der Waals surface area contributed by atoms with E-state index in [9.17, 15) is 14.4 Å². The Morgan fingerprint density at radius 3 is 2.59 bits per heavy atom. The first-order chi connectivity index (χ1) is 12.8. The standard InChI is InChI=1S/C20H27N3O4/c1-14(2)12-22-9-7-20(8-10-22)18(25)23(19(26)21-20)13-15-5-4-6-16(11-15)17(24)27-3/h4-6,11,14H,7-10,12-13H2,1-3H3,(H,21,26). The summed E-state index contributed by atoms with van der Waals surface area (Å²) in [5.41, 5.74) is 0.333. The van der Waals surface area contributed by atoms with Gasteiger partial charge < -0.3 is 15.0 Å². The van der Waals surface area contributed by atoms with Crippen molar-refractivity contribution in [2.45, 2.75) is 38.8 Å². The fourth-order valence-electron chi connectivity index (χ4n) is 3.89. The predicted molar refractivity (Wildman–Crippen MR) is 100 cm³/mol. The molecule has 2 fully saturated rings. The molecule has 1 N–H and O–H groups in total. The first-order valence-electron chi connectivity index (χ1n) is 9.38. The Morgan fingerprint density at radius 2 is 1.96 bits per heavy atom. The van der Waals surface area contributed by atoms with Crippen LogP contribution in [0.25, 0.3) is 0 Å². The van der Waals surface area contributed by atoms with Gasteiger partial charge in [0.1, 0.15) is 5.54 Å². The molecular weight excluding hydrogens is 346 g/mol. The molecule has 0 radical (unpaired) electrons. The first-order valence-corrected chi connectivity index (χ1v) is 9.38. The highest BCUT2D eigenvalue weighted by molar-refractivity contribution is 6.07. The summed E-state index contributed by atoms with van der Waals surface area (Å²) in [7, 11) is 1.32. The Bertz CT molecular complexity index is 738. The molecule has 0 aliphatic carbocycles. The fraction of sp³-hybridized carbons (Fsp3) is 0.550. The summed E-state index contributed by atoms with van der Waals surface area (Å²) in [6.07, 6.45) is 1.26. The summed E-state index contributed by atoms with van der Waals surface area (Å²) in [6.45, 7) is 7.11. The Morgan fingerprint density at radius 1 is 1.26 bits per heavy atom. The Labute approximate surface area is 159 Å². The van der Waals surface area contributed by atoms with E-state index in [0.29, 0.717) is 24.3 Å². The van der Waals surface area contributed by atoms with Crippen LogP contribution in [0, 0.1) is 5.92 Å². The normalized spacial score (nSPS) is 19.6. The molecule has 2 aliphatic heterocycles. The van der Waals surface area contributed by atoms with Crippen LogP contribution >= 0.6 is 0 Å². The second-order valence-corrected chi connectivity index (χ2v) is 7.79. The number of likely N-dealkylation sites (tertiary alicyclic amines) is 1. The van der Waals surface area contributed by atoms with Gasteiger partial charge in [-0.05, 0) is 36.5 Å². The highest BCUT2D eigenvalue weighted by atomic mass is 16.5. The van der Waals surface area contributed by atoms with E-state index in [-0.39, 0.29) is 18.5 Å². The number of ether oxygens (including phenoxy) is 1. The summed E-state index contributed by atoms with van der Waals surface area (Å²) in [5.74, 6) is -0.0327. The van der Waals surface area contributed by atoms with Crippen LogP contribution in [0.5, 0.6) is 0 Å². The molecule has 2 aliphatic rings. The molecule has 7 heteroatoms. The molecule has 0 unspecified atom stereocenters. The number of carbonyl (C=O) groups is 3. The Balaban J connectivity index is 1.69. The number of esters is 1. The van der Waals surface area contributed by atoms with Gasteiger partial charge in [0, 0.05) is 19.6 Å². The fourth-order valence-corrected chi connectivity index (χ4v) is 3.89. The van der Waals surface area contributed by atoms with Gasteiger partial charge >= 0.3 is 12.0 Å². The number of hydrogen-bond acceptors (Lipinski definition) is 5. The summed E-state index contributed by atoms with van der Waals surface area (Å²) in [5, 5.41) is 2.93. The number of imide groups is 1. The number of nitrogens with one attached hydrogen (secondary N) is 1. The van der Waals surface area contributed by atoms with Crippen molar-refractivity contribution in [3.8, 4) is 0 Å². The first kappa shape index (κ1) is 19.4. The van der Waals surface area contributed by atoms with Crippen molar-refractivity contribution in [2.75, 3.05) is 26.7 Å². The highest BCUT2D eigenvalue weighted by Gasteiger charge is 2.52. The van der Waals surface area contributed by atoms with Gasteiger partial charge in [-0.2, -0.15) is 0 Å². The second-order valence-electron chi connectivity index (χ2n) is 7.79. The van der Waals surface area contributed by atoms with E-state index >= 15 is 0 Å².